The lowest BCUT2D eigenvalue weighted by molar-refractivity contribution is 0.373. The van der Waals surface area contributed by atoms with E-state index < -0.39 is 0 Å². The number of aromatic nitrogens is 4. The Morgan fingerprint density at radius 1 is 1.33 bits per heavy atom. The van der Waals surface area contributed by atoms with Gasteiger partial charge in [-0.15, -0.1) is 0 Å². The van der Waals surface area contributed by atoms with Crippen LogP contribution in [-0.4, -0.2) is 32.8 Å². The molecule has 0 bridgehead atoms. The largest absolute Gasteiger partial charge is 0.316 e. The van der Waals surface area contributed by atoms with Crippen LogP contribution in [0, 0.1) is 5.92 Å². The molecule has 2 aromatic rings. The summed E-state index contributed by atoms with van der Waals surface area (Å²) in [7, 11) is 0. The Hall–Kier alpha value is -1.75. The standard InChI is InChI=1S/C16H23N5/c1-12(2)21-16(5-7-20-21)15-11-18-14(10-19-15)8-13-4-3-6-17-9-13/h5,7,10-13,17H,3-4,6,8-9H2,1-2H3/t13-/m0/s1. The summed E-state index contributed by atoms with van der Waals surface area (Å²) in [5.74, 6) is 0.695. The van der Waals surface area contributed by atoms with Crippen LogP contribution >= 0.6 is 0 Å². The molecule has 0 aliphatic carbocycles. The molecule has 21 heavy (non-hydrogen) atoms. The second kappa shape index (κ2) is 6.35. The molecule has 1 N–H and O–H groups in total. The van der Waals surface area contributed by atoms with E-state index in [9.17, 15) is 0 Å². The van der Waals surface area contributed by atoms with Crippen LogP contribution in [0.3, 0.4) is 0 Å². The molecule has 0 amide bonds. The van der Waals surface area contributed by atoms with Gasteiger partial charge in [-0.3, -0.25) is 14.6 Å². The van der Waals surface area contributed by atoms with Crippen molar-refractivity contribution in [2.75, 3.05) is 13.1 Å². The van der Waals surface area contributed by atoms with Gasteiger partial charge in [-0.05, 0) is 58.2 Å². The van der Waals surface area contributed by atoms with E-state index in [1.807, 2.05) is 29.3 Å². The average molecular weight is 285 g/mol. The molecule has 0 aromatic carbocycles. The fraction of sp³-hybridized carbons (Fsp3) is 0.562. The quantitative estimate of drug-likeness (QED) is 0.937. The third-order valence-electron chi connectivity index (χ3n) is 4.02. The summed E-state index contributed by atoms with van der Waals surface area (Å²) in [6.07, 6.45) is 9.19. The lowest BCUT2D eigenvalue weighted by atomic mass is 9.95. The third-order valence-corrected chi connectivity index (χ3v) is 4.02. The zero-order chi connectivity index (χ0) is 14.7. The van der Waals surface area contributed by atoms with Crippen molar-refractivity contribution >= 4 is 0 Å². The van der Waals surface area contributed by atoms with Crippen LogP contribution < -0.4 is 5.32 Å². The van der Waals surface area contributed by atoms with E-state index in [1.165, 1.54) is 12.8 Å². The molecular formula is C16H23N5. The van der Waals surface area contributed by atoms with E-state index in [4.69, 9.17) is 0 Å². The van der Waals surface area contributed by atoms with Crippen molar-refractivity contribution in [1.29, 1.82) is 0 Å². The first-order valence-electron chi connectivity index (χ1n) is 7.79. The van der Waals surface area contributed by atoms with Gasteiger partial charge in [0.1, 0.15) is 5.69 Å². The van der Waals surface area contributed by atoms with Crippen molar-refractivity contribution in [3.05, 3.63) is 30.4 Å². The summed E-state index contributed by atoms with van der Waals surface area (Å²) >= 11 is 0. The molecule has 5 heteroatoms. The molecule has 0 unspecified atom stereocenters. The number of nitrogens with zero attached hydrogens (tertiary/aromatic N) is 4. The third kappa shape index (κ3) is 3.29. The van der Waals surface area contributed by atoms with Gasteiger partial charge in [0.15, 0.2) is 0 Å². The van der Waals surface area contributed by atoms with Crippen molar-refractivity contribution < 1.29 is 0 Å². The molecule has 3 heterocycles. The molecule has 0 radical (unpaired) electrons. The smallest absolute Gasteiger partial charge is 0.107 e. The SMILES string of the molecule is CC(C)n1nccc1-c1cnc(C[C@@H]2CCCNC2)cn1. The van der Waals surface area contributed by atoms with Gasteiger partial charge in [0.2, 0.25) is 0 Å². The topological polar surface area (TPSA) is 55.6 Å². The Bertz CT molecular complexity index is 567. The molecular weight excluding hydrogens is 262 g/mol. The van der Waals surface area contributed by atoms with Crippen molar-refractivity contribution in [2.24, 2.45) is 5.92 Å². The van der Waals surface area contributed by atoms with Gasteiger partial charge in [0.05, 0.1) is 17.6 Å². The van der Waals surface area contributed by atoms with E-state index in [0.29, 0.717) is 12.0 Å². The van der Waals surface area contributed by atoms with Crippen LogP contribution in [0.4, 0.5) is 0 Å². The predicted molar refractivity (Wildman–Crippen MR) is 82.9 cm³/mol. The molecule has 3 rings (SSSR count). The normalized spacial score (nSPS) is 19.1. The fourth-order valence-electron chi connectivity index (χ4n) is 2.92. The number of hydrogen-bond acceptors (Lipinski definition) is 4. The minimum Gasteiger partial charge on any atom is -0.316 e. The second-order valence-corrected chi connectivity index (χ2v) is 6.06. The summed E-state index contributed by atoms with van der Waals surface area (Å²) in [5.41, 5.74) is 3.01. The lowest BCUT2D eigenvalue weighted by Gasteiger charge is -2.22. The van der Waals surface area contributed by atoms with Crippen LogP contribution in [0.5, 0.6) is 0 Å². The first-order chi connectivity index (χ1) is 10.2. The van der Waals surface area contributed by atoms with E-state index >= 15 is 0 Å². The molecule has 0 spiro atoms. The molecule has 2 aromatic heterocycles. The Kier molecular flexibility index (Phi) is 4.29. The van der Waals surface area contributed by atoms with Crippen LogP contribution in [0.15, 0.2) is 24.7 Å². The van der Waals surface area contributed by atoms with E-state index in [1.54, 1.807) is 0 Å². The summed E-state index contributed by atoms with van der Waals surface area (Å²) in [4.78, 5) is 9.18. The maximum atomic E-state index is 4.60. The van der Waals surface area contributed by atoms with Crippen LogP contribution in [0.25, 0.3) is 11.4 Å². The average Bonchev–Trinajstić information content (AvgIpc) is 2.99. The number of rotatable bonds is 4. The van der Waals surface area contributed by atoms with Crippen LogP contribution in [-0.2, 0) is 6.42 Å². The highest BCUT2D eigenvalue weighted by Gasteiger charge is 2.15. The lowest BCUT2D eigenvalue weighted by Crippen LogP contribution is -2.31. The fourth-order valence-corrected chi connectivity index (χ4v) is 2.92. The van der Waals surface area contributed by atoms with Crippen molar-refractivity contribution in [3.8, 4) is 11.4 Å². The van der Waals surface area contributed by atoms with Gasteiger partial charge in [0, 0.05) is 18.4 Å². The molecule has 1 atom stereocenters. The van der Waals surface area contributed by atoms with Gasteiger partial charge < -0.3 is 5.32 Å². The highest BCUT2D eigenvalue weighted by atomic mass is 15.3. The first kappa shape index (κ1) is 14.2. The predicted octanol–water partition coefficient (Wildman–Crippen LogP) is 2.46. The van der Waals surface area contributed by atoms with Crippen LogP contribution in [0.2, 0.25) is 0 Å². The van der Waals surface area contributed by atoms with Gasteiger partial charge >= 0.3 is 0 Å². The van der Waals surface area contributed by atoms with Gasteiger partial charge in [-0.1, -0.05) is 0 Å². The maximum absolute atomic E-state index is 4.60. The van der Waals surface area contributed by atoms with E-state index in [-0.39, 0.29) is 0 Å². The zero-order valence-corrected chi connectivity index (χ0v) is 12.8. The molecule has 1 saturated heterocycles. The van der Waals surface area contributed by atoms with Gasteiger partial charge in [0.25, 0.3) is 0 Å². The van der Waals surface area contributed by atoms with Gasteiger partial charge in [-0.2, -0.15) is 5.10 Å². The molecule has 5 nitrogen and oxygen atoms in total. The van der Waals surface area contributed by atoms with Crippen LogP contribution in [0.1, 0.15) is 38.4 Å². The molecule has 1 aliphatic heterocycles. The Morgan fingerprint density at radius 2 is 2.24 bits per heavy atom. The summed E-state index contributed by atoms with van der Waals surface area (Å²) in [6, 6.07) is 2.32. The van der Waals surface area contributed by atoms with Crippen molar-refractivity contribution in [1.82, 2.24) is 25.1 Å². The monoisotopic (exact) mass is 285 g/mol. The zero-order valence-electron chi connectivity index (χ0n) is 12.8. The van der Waals surface area contributed by atoms with Crippen molar-refractivity contribution in [2.45, 2.75) is 39.2 Å². The number of piperidine rings is 1. The second-order valence-electron chi connectivity index (χ2n) is 6.06. The Labute approximate surface area is 125 Å². The minimum atomic E-state index is 0.324. The maximum Gasteiger partial charge on any atom is 0.107 e. The molecule has 0 saturated carbocycles. The molecule has 112 valence electrons. The summed E-state index contributed by atoms with van der Waals surface area (Å²) in [5, 5.41) is 7.80. The number of nitrogens with one attached hydrogen (secondary N) is 1. The first-order valence-corrected chi connectivity index (χ1v) is 7.79. The Morgan fingerprint density at radius 3 is 2.90 bits per heavy atom. The highest BCUT2D eigenvalue weighted by molar-refractivity contribution is 5.52. The van der Waals surface area contributed by atoms with Gasteiger partial charge in [-0.25, -0.2) is 0 Å². The Balaban J connectivity index is 1.73. The number of hydrogen-bond donors (Lipinski definition) is 1. The molecule has 1 aliphatic rings. The summed E-state index contributed by atoms with van der Waals surface area (Å²) in [6.45, 7) is 6.49. The summed E-state index contributed by atoms with van der Waals surface area (Å²) < 4.78 is 1.98. The van der Waals surface area contributed by atoms with E-state index in [2.05, 4.69) is 34.2 Å². The van der Waals surface area contributed by atoms with Crippen molar-refractivity contribution in [3.63, 3.8) is 0 Å². The van der Waals surface area contributed by atoms with E-state index in [0.717, 1.165) is 36.6 Å². The highest BCUT2D eigenvalue weighted by Crippen LogP contribution is 2.20. The minimum absolute atomic E-state index is 0.324. The molecule has 1 fully saturated rings.